The lowest BCUT2D eigenvalue weighted by Crippen LogP contribution is -2.61. The summed E-state index contributed by atoms with van der Waals surface area (Å²) < 4.78 is 49.0. The molecule has 16 heteroatoms. The number of halogens is 6. The van der Waals surface area contributed by atoms with Crippen LogP contribution in [0.25, 0.3) is 0 Å². The molecule has 2 heterocycles. The molecule has 0 spiro atoms. The number of anilines is 1. The van der Waals surface area contributed by atoms with Crippen molar-refractivity contribution < 1.29 is 37.0 Å². The minimum Gasteiger partial charge on any atom is -0.487 e. The number of rotatable bonds is 13. The molecule has 0 unspecified atom stereocenters. The van der Waals surface area contributed by atoms with Gasteiger partial charge in [-0.05, 0) is 60.7 Å². The van der Waals surface area contributed by atoms with Crippen LogP contribution in [0.15, 0.2) is 48.7 Å². The molecule has 1 aliphatic heterocycles. The van der Waals surface area contributed by atoms with Crippen LogP contribution in [0.4, 0.5) is 18.9 Å². The third-order valence-electron chi connectivity index (χ3n) is 7.77. The van der Waals surface area contributed by atoms with E-state index in [2.05, 4.69) is 15.6 Å². The van der Waals surface area contributed by atoms with Crippen molar-refractivity contribution >= 4 is 58.2 Å². The number of nitrogens with zero attached hydrogens (tertiary/aromatic N) is 3. The van der Waals surface area contributed by atoms with Crippen LogP contribution in [-0.2, 0) is 27.5 Å². The number of ether oxygens (including phenoxy) is 2. The van der Waals surface area contributed by atoms with Gasteiger partial charge in [0.05, 0.1) is 28.5 Å². The van der Waals surface area contributed by atoms with E-state index in [9.17, 15) is 27.6 Å². The van der Waals surface area contributed by atoms with Crippen molar-refractivity contribution in [3.63, 3.8) is 0 Å². The van der Waals surface area contributed by atoms with Gasteiger partial charge in [0.25, 0.3) is 0 Å². The standard InChI is InChI=1S/C33H33Cl3F3N5O5/c1-19-10-25(35)31(26(36)11-19)49-9-8-48-29-7-5-23(15-42-29)44-27(16-40-17-30(44)46)32(47)43(22-3-4-22)18-21-12-20(2-6-24(21)34)14-41-28(45)13-33(37,38)39/h2,5-7,10-12,15,22,27,40H,3-4,8-9,13-14,16-18H2,1H3,(H,41,45)/t27-/m1/s1. The average Bonchev–Trinajstić information content (AvgIpc) is 3.88. The molecule has 5 rings (SSSR count). The fourth-order valence-electron chi connectivity index (χ4n) is 5.36. The molecular weight excluding hydrogens is 710 g/mol. The average molecular weight is 743 g/mol. The molecule has 3 amide bonds. The summed E-state index contributed by atoms with van der Waals surface area (Å²) in [5.41, 5.74) is 2.40. The maximum absolute atomic E-state index is 14.1. The zero-order valence-corrected chi connectivity index (χ0v) is 28.6. The predicted octanol–water partition coefficient (Wildman–Crippen LogP) is 5.87. The quantitative estimate of drug-likeness (QED) is 0.211. The summed E-state index contributed by atoms with van der Waals surface area (Å²) in [6, 6.07) is 10.6. The van der Waals surface area contributed by atoms with Gasteiger partial charge in [-0.1, -0.05) is 46.9 Å². The molecule has 1 aromatic heterocycles. The number of hydrogen-bond donors (Lipinski definition) is 2. The number of aryl methyl sites for hydroxylation is 1. The number of alkyl halides is 3. The number of amides is 3. The van der Waals surface area contributed by atoms with Gasteiger partial charge >= 0.3 is 6.18 Å². The van der Waals surface area contributed by atoms with Crippen molar-refractivity contribution in [2.45, 2.75) is 57.5 Å². The van der Waals surface area contributed by atoms with E-state index in [-0.39, 0.29) is 63.1 Å². The Morgan fingerprint density at radius 1 is 1.04 bits per heavy atom. The van der Waals surface area contributed by atoms with Crippen LogP contribution in [0, 0.1) is 6.92 Å². The zero-order valence-electron chi connectivity index (χ0n) is 26.3. The number of nitrogens with one attached hydrogen (secondary N) is 2. The Labute approximate surface area is 295 Å². The Balaban J connectivity index is 1.23. The molecule has 1 aliphatic carbocycles. The van der Waals surface area contributed by atoms with E-state index in [1.54, 1.807) is 47.4 Å². The maximum atomic E-state index is 14.1. The number of carbonyl (C=O) groups excluding carboxylic acids is 3. The molecule has 3 aromatic rings. The summed E-state index contributed by atoms with van der Waals surface area (Å²) in [5.74, 6) is -1.12. The Kier molecular flexibility index (Phi) is 11.8. The van der Waals surface area contributed by atoms with Crippen molar-refractivity contribution in [3.8, 4) is 11.6 Å². The van der Waals surface area contributed by atoms with Gasteiger partial charge in [0.2, 0.25) is 23.6 Å². The molecule has 1 atom stereocenters. The largest absolute Gasteiger partial charge is 0.487 e. The van der Waals surface area contributed by atoms with Crippen LogP contribution in [0.3, 0.4) is 0 Å². The molecule has 2 N–H and O–H groups in total. The molecular formula is C33H33Cl3F3N5O5. The molecule has 2 aliphatic rings. The van der Waals surface area contributed by atoms with Crippen LogP contribution in [0.2, 0.25) is 15.1 Å². The van der Waals surface area contributed by atoms with Gasteiger partial charge in [-0.25, -0.2) is 4.98 Å². The smallest absolute Gasteiger partial charge is 0.397 e. The van der Waals surface area contributed by atoms with Gasteiger partial charge in [0, 0.05) is 36.8 Å². The van der Waals surface area contributed by atoms with Gasteiger partial charge in [-0.15, -0.1) is 0 Å². The monoisotopic (exact) mass is 741 g/mol. The van der Waals surface area contributed by atoms with Crippen LogP contribution in [0.5, 0.6) is 11.6 Å². The van der Waals surface area contributed by atoms with E-state index in [1.165, 1.54) is 11.1 Å². The highest BCUT2D eigenvalue weighted by molar-refractivity contribution is 6.37. The van der Waals surface area contributed by atoms with E-state index < -0.39 is 24.5 Å². The van der Waals surface area contributed by atoms with Gasteiger partial charge in [0.15, 0.2) is 5.75 Å². The van der Waals surface area contributed by atoms with Crippen molar-refractivity contribution in [1.82, 2.24) is 20.5 Å². The number of aromatic nitrogens is 1. The summed E-state index contributed by atoms with van der Waals surface area (Å²) in [6.07, 6.45) is -3.20. The summed E-state index contributed by atoms with van der Waals surface area (Å²) in [7, 11) is 0. The highest BCUT2D eigenvalue weighted by Gasteiger charge is 2.41. The number of benzene rings is 2. The van der Waals surface area contributed by atoms with E-state index in [4.69, 9.17) is 44.3 Å². The predicted molar refractivity (Wildman–Crippen MR) is 178 cm³/mol. The van der Waals surface area contributed by atoms with Gasteiger partial charge in [-0.2, -0.15) is 13.2 Å². The molecule has 49 heavy (non-hydrogen) atoms. The molecule has 0 bridgehead atoms. The first-order chi connectivity index (χ1) is 23.3. The number of piperazine rings is 1. The molecule has 262 valence electrons. The van der Waals surface area contributed by atoms with Crippen molar-refractivity contribution in [2.24, 2.45) is 0 Å². The third-order valence-corrected chi connectivity index (χ3v) is 8.70. The Morgan fingerprint density at radius 3 is 2.41 bits per heavy atom. The second-order valence-electron chi connectivity index (χ2n) is 11.7. The minimum atomic E-state index is -4.61. The lowest BCUT2D eigenvalue weighted by Gasteiger charge is -2.38. The first-order valence-electron chi connectivity index (χ1n) is 15.4. The Morgan fingerprint density at radius 2 is 1.76 bits per heavy atom. The Hall–Kier alpha value is -3.78. The summed E-state index contributed by atoms with van der Waals surface area (Å²) in [6.45, 7) is 2.36. The third kappa shape index (κ3) is 9.90. The lowest BCUT2D eigenvalue weighted by atomic mass is 10.1. The first-order valence-corrected chi connectivity index (χ1v) is 16.5. The highest BCUT2D eigenvalue weighted by atomic mass is 35.5. The van der Waals surface area contributed by atoms with Crippen LogP contribution in [-0.4, -0.2) is 72.2 Å². The van der Waals surface area contributed by atoms with Crippen molar-refractivity contribution in [3.05, 3.63) is 80.4 Å². The number of pyridine rings is 1. The molecule has 0 radical (unpaired) electrons. The molecule has 1 saturated carbocycles. The first kappa shape index (κ1) is 36.5. The van der Waals surface area contributed by atoms with E-state index in [0.29, 0.717) is 37.6 Å². The van der Waals surface area contributed by atoms with Crippen LogP contribution < -0.4 is 25.0 Å². The van der Waals surface area contributed by atoms with E-state index in [1.807, 2.05) is 6.92 Å². The number of carbonyl (C=O) groups is 3. The summed E-state index contributed by atoms with van der Waals surface area (Å²) in [4.78, 5) is 46.4. The summed E-state index contributed by atoms with van der Waals surface area (Å²) >= 11 is 18.9. The zero-order chi connectivity index (χ0) is 35.3. The van der Waals surface area contributed by atoms with E-state index >= 15 is 0 Å². The molecule has 1 saturated heterocycles. The highest BCUT2D eigenvalue weighted by Crippen LogP contribution is 2.35. The maximum Gasteiger partial charge on any atom is 0.397 e. The van der Waals surface area contributed by atoms with Gasteiger partial charge in [0.1, 0.15) is 25.7 Å². The van der Waals surface area contributed by atoms with Gasteiger partial charge < -0.3 is 25.0 Å². The molecule has 2 fully saturated rings. The second-order valence-corrected chi connectivity index (χ2v) is 12.9. The van der Waals surface area contributed by atoms with Crippen LogP contribution >= 0.6 is 34.8 Å². The molecule has 10 nitrogen and oxygen atoms in total. The van der Waals surface area contributed by atoms with Crippen LogP contribution in [0.1, 0.15) is 36.0 Å². The minimum absolute atomic E-state index is 0.0286. The van der Waals surface area contributed by atoms with Gasteiger partial charge in [-0.3, -0.25) is 19.3 Å². The summed E-state index contributed by atoms with van der Waals surface area (Å²) in [5, 5.41) is 6.41. The number of hydrogen-bond acceptors (Lipinski definition) is 7. The normalized spacial score (nSPS) is 16.3. The SMILES string of the molecule is Cc1cc(Cl)c(OCCOc2ccc(N3C(=O)CNC[C@@H]3C(=O)N(Cc3cc(CNC(=O)CC(F)(F)F)ccc3Cl)C3CC3)cn2)c(Cl)c1. The van der Waals surface area contributed by atoms with Crippen molar-refractivity contribution in [2.75, 3.05) is 31.2 Å². The second kappa shape index (κ2) is 15.8. The lowest BCUT2D eigenvalue weighted by molar-refractivity contribution is -0.153. The fourth-order valence-corrected chi connectivity index (χ4v) is 6.24. The fraction of sp³-hybridized carbons (Fsp3) is 0.394. The molecule has 2 aromatic carbocycles. The van der Waals surface area contributed by atoms with Crippen molar-refractivity contribution in [1.29, 1.82) is 0 Å². The topological polar surface area (TPSA) is 113 Å². The Bertz CT molecular complexity index is 1670. The van der Waals surface area contributed by atoms with E-state index in [0.717, 1.165) is 18.4 Å².